The third kappa shape index (κ3) is 2.58. The highest BCUT2D eigenvalue weighted by atomic mass is 79.9. The number of benzene rings is 1. The van der Waals surface area contributed by atoms with Crippen molar-refractivity contribution in [3.8, 4) is 0 Å². The molecule has 0 heterocycles. The maximum atomic E-state index is 2.26. The Morgan fingerprint density at radius 2 is 1.29 bits per heavy atom. The lowest BCUT2D eigenvalue weighted by Crippen LogP contribution is -3.00. The predicted octanol–water partition coefficient (Wildman–Crippen LogP) is 0.0576. The van der Waals surface area contributed by atoms with Crippen molar-refractivity contribution < 1.29 is 17.0 Å². The molecule has 0 aromatic heterocycles. The monoisotopic (exact) mass is 257 g/mol. The second-order valence-corrected chi connectivity index (χ2v) is 3.43. The zero-order valence-corrected chi connectivity index (χ0v) is 10.9. The fourth-order valence-electron chi connectivity index (χ4n) is 1.96. The molecule has 0 saturated heterocycles. The van der Waals surface area contributed by atoms with E-state index in [2.05, 4.69) is 51.1 Å². The molecule has 2 heteroatoms. The summed E-state index contributed by atoms with van der Waals surface area (Å²) >= 11 is 0. The van der Waals surface area contributed by atoms with Gasteiger partial charge in [0.15, 0.2) is 0 Å². The molecule has 0 fully saturated rings. The van der Waals surface area contributed by atoms with E-state index in [1.54, 1.807) is 0 Å². The van der Waals surface area contributed by atoms with Gasteiger partial charge in [-0.1, -0.05) is 18.2 Å². The minimum atomic E-state index is 0. The van der Waals surface area contributed by atoms with Gasteiger partial charge < -0.3 is 17.0 Å². The molecule has 0 N–H and O–H groups in total. The lowest BCUT2D eigenvalue weighted by Gasteiger charge is -2.35. The normalized spacial score (nSPS) is 10.8. The van der Waals surface area contributed by atoms with Gasteiger partial charge in [-0.15, -0.1) is 0 Å². The van der Waals surface area contributed by atoms with Crippen LogP contribution in [0.5, 0.6) is 0 Å². The quantitative estimate of drug-likeness (QED) is 0.670. The predicted molar refractivity (Wildman–Crippen MR) is 59.9 cm³/mol. The Morgan fingerprint density at radius 3 is 1.64 bits per heavy atom. The fraction of sp³-hybridized carbons (Fsp3) is 0.500. The molecule has 1 aromatic rings. The van der Waals surface area contributed by atoms with Crippen LogP contribution in [0.2, 0.25) is 0 Å². The molecular formula is C12H20BrN. The third-order valence-electron chi connectivity index (χ3n) is 3.12. The van der Waals surface area contributed by atoms with Crippen LogP contribution in [-0.2, 0) is 0 Å². The maximum absolute atomic E-state index is 2.26. The number of nitrogens with zero attached hydrogens (tertiary/aromatic N) is 1. The van der Waals surface area contributed by atoms with Gasteiger partial charge in [-0.2, -0.15) is 0 Å². The second kappa shape index (κ2) is 6.20. The number of hydrogen-bond acceptors (Lipinski definition) is 0. The van der Waals surface area contributed by atoms with Gasteiger partial charge >= 0.3 is 0 Å². The summed E-state index contributed by atoms with van der Waals surface area (Å²) in [5, 5.41) is 0. The van der Waals surface area contributed by atoms with Crippen molar-refractivity contribution in [2.24, 2.45) is 0 Å². The van der Waals surface area contributed by atoms with Crippen molar-refractivity contribution in [2.45, 2.75) is 20.8 Å². The van der Waals surface area contributed by atoms with E-state index in [9.17, 15) is 0 Å². The zero-order valence-electron chi connectivity index (χ0n) is 9.33. The number of quaternary nitrogens is 1. The highest BCUT2D eigenvalue weighted by Crippen LogP contribution is 2.21. The Morgan fingerprint density at radius 1 is 0.857 bits per heavy atom. The van der Waals surface area contributed by atoms with Gasteiger partial charge in [-0.3, -0.25) is 4.48 Å². The van der Waals surface area contributed by atoms with Gasteiger partial charge in [0.05, 0.1) is 19.6 Å². The molecule has 1 nitrogen and oxygen atoms in total. The maximum Gasteiger partial charge on any atom is 0.132 e. The first-order valence-electron chi connectivity index (χ1n) is 5.20. The summed E-state index contributed by atoms with van der Waals surface area (Å²) in [6.45, 7) is 10.3. The molecule has 0 amide bonds. The second-order valence-electron chi connectivity index (χ2n) is 3.43. The van der Waals surface area contributed by atoms with Gasteiger partial charge in [0.25, 0.3) is 0 Å². The van der Waals surface area contributed by atoms with Gasteiger partial charge in [0.1, 0.15) is 5.69 Å². The molecule has 0 atom stereocenters. The Balaban J connectivity index is 0.00000169. The van der Waals surface area contributed by atoms with Crippen molar-refractivity contribution in [3.05, 3.63) is 30.3 Å². The Bertz CT molecular complexity index is 233. The van der Waals surface area contributed by atoms with Crippen LogP contribution in [0.15, 0.2) is 30.3 Å². The Kier molecular flexibility index (Phi) is 6.05. The SMILES string of the molecule is CC[N+](CC)(CC)c1ccccc1.[Br-]. The smallest absolute Gasteiger partial charge is 0.132 e. The van der Waals surface area contributed by atoms with Crippen molar-refractivity contribution >= 4 is 5.69 Å². The summed E-state index contributed by atoms with van der Waals surface area (Å²) < 4.78 is 1.10. The van der Waals surface area contributed by atoms with Gasteiger partial charge in [-0.05, 0) is 32.9 Å². The molecule has 1 aromatic carbocycles. The topological polar surface area (TPSA) is 0 Å². The van der Waals surface area contributed by atoms with E-state index in [0.717, 1.165) is 4.48 Å². The van der Waals surface area contributed by atoms with Crippen LogP contribution in [0.1, 0.15) is 20.8 Å². The van der Waals surface area contributed by atoms with Crippen LogP contribution in [0.3, 0.4) is 0 Å². The average Bonchev–Trinajstić information content (AvgIpc) is 2.23. The first-order valence-corrected chi connectivity index (χ1v) is 5.20. The van der Waals surface area contributed by atoms with Crippen LogP contribution >= 0.6 is 0 Å². The van der Waals surface area contributed by atoms with Crippen LogP contribution in [0, 0.1) is 0 Å². The minimum absolute atomic E-state index is 0. The van der Waals surface area contributed by atoms with E-state index in [-0.39, 0.29) is 17.0 Å². The fourth-order valence-corrected chi connectivity index (χ4v) is 1.96. The molecule has 0 saturated carbocycles. The lowest BCUT2D eigenvalue weighted by molar-refractivity contribution is -0.00000284. The molecule has 0 bridgehead atoms. The van der Waals surface area contributed by atoms with Crippen molar-refractivity contribution in [3.63, 3.8) is 0 Å². The number of hydrogen-bond donors (Lipinski definition) is 0. The molecule has 0 aliphatic heterocycles. The number of para-hydroxylation sites is 1. The molecule has 0 radical (unpaired) electrons. The third-order valence-corrected chi connectivity index (χ3v) is 3.12. The molecule has 14 heavy (non-hydrogen) atoms. The zero-order chi connectivity index (χ0) is 9.73. The lowest BCUT2D eigenvalue weighted by atomic mass is 10.2. The van der Waals surface area contributed by atoms with Crippen molar-refractivity contribution in [1.29, 1.82) is 0 Å². The summed E-state index contributed by atoms with van der Waals surface area (Å²) in [7, 11) is 0. The molecule has 80 valence electrons. The largest absolute Gasteiger partial charge is 1.00 e. The van der Waals surface area contributed by atoms with Crippen molar-refractivity contribution in [2.75, 3.05) is 19.6 Å². The first kappa shape index (κ1) is 13.7. The molecule has 0 spiro atoms. The molecule has 1 rings (SSSR count). The van der Waals surface area contributed by atoms with E-state index in [1.165, 1.54) is 25.3 Å². The Labute approximate surface area is 98.1 Å². The summed E-state index contributed by atoms with van der Waals surface area (Å²) in [5.74, 6) is 0. The minimum Gasteiger partial charge on any atom is -1.00 e. The summed E-state index contributed by atoms with van der Waals surface area (Å²) in [5.41, 5.74) is 1.44. The van der Waals surface area contributed by atoms with Crippen LogP contribution in [0.4, 0.5) is 5.69 Å². The standard InChI is InChI=1S/C12H20N.BrH/c1-4-13(5-2,6-3)12-10-8-7-9-11-12;/h7-11H,4-6H2,1-3H3;1H/q+1;/p-1. The van der Waals surface area contributed by atoms with E-state index in [0.29, 0.717) is 0 Å². The van der Waals surface area contributed by atoms with Gasteiger partial charge in [-0.25, -0.2) is 0 Å². The first-order chi connectivity index (χ1) is 6.29. The van der Waals surface area contributed by atoms with Crippen molar-refractivity contribution in [1.82, 2.24) is 4.48 Å². The Hall–Kier alpha value is -0.340. The van der Waals surface area contributed by atoms with Crippen LogP contribution < -0.4 is 21.5 Å². The molecular weight excluding hydrogens is 238 g/mol. The van der Waals surface area contributed by atoms with Crippen LogP contribution in [-0.4, -0.2) is 19.6 Å². The van der Waals surface area contributed by atoms with Crippen LogP contribution in [0.25, 0.3) is 0 Å². The highest BCUT2D eigenvalue weighted by molar-refractivity contribution is 5.42. The van der Waals surface area contributed by atoms with E-state index < -0.39 is 0 Å². The highest BCUT2D eigenvalue weighted by Gasteiger charge is 2.23. The van der Waals surface area contributed by atoms with E-state index in [1.807, 2.05) is 0 Å². The van der Waals surface area contributed by atoms with Gasteiger partial charge in [0.2, 0.25) is 0 Å². The van der Waals surface area contributed by atoms with E-state index in [4.69, 9.17) is 0 Å². The van der Waals surface area contributed by atoms with E-state index >= 15 is 0 Å². The number of rotatable bonds is 4. The summed E-state index contributed by atoms with van der Waals surface area (Å²) in [6.07, 6.45) is 0. The summed E-state index contributed by atoms with van der Waals surface area (Å²) in [6, 6.07) is 10.8. The molecule has 0 aliphatic rings. The number of halogens is 1. The molecule has 0 aliphatic carbocycles. The molecule has 0 unspecified atom stereocenters. The summed E-state index contributed by atoms with van der Waals surface area (Å²) in [4.78, 5) is 0. The average molecular weight is 258 g/mol. The van der Waals surface area contributed by atoms with Gasteiger partial charge in [0, 0.05) is 0 Å².